The van der Waals surface area contributed by atoms with Crippen LogP contribution < -0.4 is 5.73 Å². The highest BCUT2D eigenvalue weighted by Gasteiger charge is 2.23. The fourth-order valence-corrected chi connectivity index (χ4v) is 1.96. The predicted molar refractivity (Wildman–Crippen MR) is 51.5 cm³/mol. The lowest BCUT2D eigenvalue weighted by molar-refractivity contribution is 0.385. The molecule has 1 fully saturated rings. The van der Waals surface area contributed by atoms with Crippen molar-refractivity contribution in [3.8, 4) is 0 Å². The molecule has 0 aromatic rings. The third-order valence-corrected chi connectivity index (χ3v) is 2.64. The molecular formula is C10H23N. The Balaban J connectivity index is 0.000000461. The normalized spacial score (nSPS) is 29.5. The van der Waals surface area contributed by atoms with Crippen molar-refractivity contribution < 1.29 is 0 Å². The van der Waals surface area contributed by atoms with E-state index in [9.17, 15) is 0 Å². The van der Waals surface area contributed by atoms with Crippen molar-refractivity contribution in [1.82, 2.24) is 0 Å². The van der Waals surface area contributed by atoms with Crippen LogP contribution in [0.15, 0.2) is 0 Å². The van der Waals surface area contributed by atoms with E-state index in [0.29, 0.717) is 0 Å². The highest BCUT2D eigenvalue weighted by molar-refractivity contribution is 4.76. The maximum atomic E-state index is 5.60. The maximum absolute atomic E-state index is 5.60. The molecule has 0 spiro atoms. The largest absolute Gasteiger partial charge is 0.330 e. The Morgan fingerprint density at radius 2 is 1.73 bits per heavy atom. The van der Waals surface area contributed by atoms with Crippen LogP contribution in [0.5, 0.6) is 0 Å². The molecule has 2 N–H and O–H groups in total. The molecule has 1 aliphatic rings. The second kappa shape index (κ2) is 6.66. The summed E-state index contributed by atoms with van der Waals surface area (Å²) in [7, 11) is 0. The molecular weight excluding hydrogens is 134 g/mol. The standard InChI is InChI=1S/C8H17N.C2H6/c1-2-7-4-3-5-8(7)6-9;1-2/h7-8H,2-6,9H2,1H3;1-2H3. The van der Waals surface area contributed by atoms with Gasteiger partial charge in [0.05, 0.1) is 0 Å². The number of hydrogen-bond donors (Lipinski definition) is 1. The molecule has 0 aromatic carbocycles. The van der Waals surface area contributed by atoms with Crippen molar-refractivity contribution in [2.75, 3.05) is 6.54 Å². The fourth-order valence-electron chi connectivity index (χ4n) is 1.96. The van der Waals surface area contributed by atoms with Crippen LogP contribution >= 0.6 is 0 Å². The van der Waals surface area contributed by atoms with Crippen molar-refractivity contribution in [2.24, 2.45) is 17.6 Å². The zero-order valence-electron chi connectivity index (χ0n) is 8.27. The van der Waals surface area contributed by atoms with Gasteiger partial charge in [0, 0.05) is 0 Å². The lowest BCUT2D eigenvalue weighted by Crippen LogP contribution is -2.17. The summed E-state index contributed by atoms with van der Waals surface area (Å²) in [5.41, 5.74) is 5.60. The van der Waals surface area contributed by atoms with Crippen LogP contribution in [0.2, 0.25) is 0 Å². The molecule has 0 bridgehead atoms. The summed E-state index contributed by atoms with van der Waals surface area (Å²) in [5, 5.41) is 0. The Labute approximate surface area is 71.4 Å². The monoisotopic (exact) mass is 157 g/mol. The molecule has 68 valence electrons. The third-order valence-electron chi connectivity index (χ3n) is 2.64. The Kier molecular flexibility index (Phi) is 6.63. The zero-order chi connectivity index (χ0) is 8.69. The van der Waals surface area contributed by atoms with E-state index in [1.54, 1.807) is 0 Å². The maximum Gasteiger partial charge on any atom is -0.00462 e. The van der Waals surface area contributed by atoms with E-state index in [-0.39, 0.29) is 0 Å². The second-order valence-electron chi connectivity index (χ2n) is 3.10. The van der Waals surface area contributed by atoms with Gasteiger partial charge in [0.1, 0.15) is 0 Å². The molecule has 0 radical (unpaired) electrons. The van der Waals surface area contributed by atoms with E-state index < -0.39 is 0 Å². The lowest BCUT2D eigenvalue weighted by atomic mass is 9.94. The molecule has 0 heterocycles. The Morgan fingerprint density at radius 3 is 2.09 bits per heavy atom. The van der Waals surface area contributed by atoms with Crippen molar-refractivity contribution in [3.63, 3.8) is 0 Å². The van der Waals surface area contributed by atoms with E-state index in [4.69, 9.17) is 5.73 Å². The summed E-state index contributed by atoms with van der Waals surface area (Å²) in [5.74, 6) is 1.81. The first kappa shape index (κ1) is 11.0. The molecule has 0 aliphatic heterocycles. The van der Waals surface area contributed by atoms with Gasteiger partial charge < -0.3 is 5.73 Å². The number of rotatable bonds is 2. The van der Waals surface area contributed by atoms with Gasteiger partial charge in [-0.25, -0.2) is 0 Å². The first-order chi connectivity index (χ1) is 5.38. The summed E-state index contributed by atoms with van der Waals surface area (Å²) < 4.78 is 0. The van der Waals surface area contributed by atoms with Crippen molar-refractivity contribution >= 4 is 0 Å². The minimum atomic E-state index is 0.856. The van der Waals surface area contributed by atoms with E-state index in [1.165, 1.54) is 25.7 Å². The molecule has 1 aliphatic carbocycles. The number of hydrogen-bond acceptors (Lipinski definition) is 1. The third kappa shape index (κ3) is 3.24. The smallest absolute Gasteiger partial charge is 0.00462 e. The van der Waals surface area contributed by atoms with E-state index in [2.05, 4.69) is 6.92 Å². The molecule has 0 amide bonds. The van der Waals surface area contributed by atoms with Crippen LogP contribution in [0.1, 0.15) is 46.5 Å². The Morgan fingerprint density at radius 1 is 1.18 bits per heavy atom. The van der Waals surface area contributed by atoms with Crippen LogP contribution in [-0.4, -0.2) is 6.54 Å². The highest BCUT2D eigenvalue weighted by Crippen LogP contribution is 2.32. The summed E-state index contributed by atoms with van der Waals surface area (Å²) >= 11 is 0. The summed E-state index contributed by atoms with van der Waals surface area (Å²) in [6.07, 6.45) is 5.57. The van der Waals surface area contributed by atoms with Gasteiger partial charge in [0.2, 0.25) is 0 Å². The molecule has 1 saturated carbocycles. The first-order valence-electron chi connectivity index (χ1n) is 5.08. The molecule has 11 heavy (non-hydrogen) atoms. The summed E-state index contributed by atoms with van der Waals surface area (Å²) in [4.78, 5) is 0. The van der Waals surface area contributed by atoms with Crippen molar-refractivity contribution in [3.05, 3.63) is 0 Å². The highest BCUT2D eigenvalue weighted by atomic mass is 14.6. The first-order valence-corrected chi connectivity index (χ1v) is 5.08. The quantitative estimate of drug-likeness (QED) is 0.655. The van der Waals surface area contributed by atoms with Crippen LogP contribution in [-0.2, 0) is 0 Å². The molecule has 1 nitrogen and oxygen atoms in total. The molecule has 2 unspecified atom stereocenters. The van der Waals surface area contributed by atoms with Gasteiger partial charge in [0.25, 0.3) is 0 Å². The average molecular weight is 157 g/mol. The Bertz CT molecular complexity index is 70.9. The second-order valence-corrected chi connectivity index (χ2v) is 3.10. The molecule has 0 aromatic heterocycles. The van der Waals surface area contributed by atoms with Gasteiger partial charge in [-0.15, -0.1) is 0 Å². The summed E-state index contributed by atoms with van der Waals surface area (Å²) in [6, 6.07) is 0. The van der Waals surface area contributed by atoms with Gasteiger partial charge in [-0.2, -0.15) is 0 Å². The van der Waals surface area contributed by atoms with E-state index >= 15 is 0 Å². The van der Waals surface area contributed by atoms with E-state index in [0.717, 1.165) is 18.4 Å². The van der Waals surface area contributed by atoms with Crippen molar-refractivity contribution in [2.45, 2.75) is 46.5 Å². The minimum absolute atomic E-state index is 0.856. The van der Waals surface area contributed by atoms with Gasteiger partial charge in [-0.1, -0.05) is 40.0 Å². The van der Waals surface area contributed by atoms with Gasteiger partial charge >= 0.3 is 0 Å². The van der Waals surface area contributed by atoms with Gasteiger partial charge in [0.15, 0.2) is 0 Å². The SMILES string of the molecule is CC.CCC1CCCC1CN. The van der Waals surface area contributed by atoms with E-state index in [1.807, 2.05) is 13.8 Å². The Hall–Kier alpha value is -0.0400. The molecule has 0 saturated heterocycles. The topological polar surface area (TPSA) is 26.0 Å². The van der Waals surface area contributed by atoms with Gasteiger partial charge in [-0.3, -0.25) is 0 Å². The van der Waals surface area contributed by atoms with Gasteiger partial charge in [-0.05, 0) is 24.8 Å². The molecule has 1 rings (SSSR count). The van der Waals surface area contributed by atoms with Crippen LogP contribution in [0.4, 0.5) is 0 Å². The van der Waals surface area contributed by atoms with Crippen LogP contribution in [0.25, 0.3) is 0 Å². The van der Waals surface area contributed by atoms with Crippen LogP contribution in [0.3, 0.4) is 0 Å². The van der Waals surface area contributed by atoms with Crippen LogP contribution in [0, 0.1) is 11.8 Å². The zero-order valence-corrected chi connectivity index (χ0v) is 8.27. The van der Waals surface area contributed by atoms with Crippen molar-refractivity contribution in [1.29, 1.82) is 0 Å². The fraction of sp³-hybridized carbons (Fsp3) is 1.00. The molecule has 1 heteroatoms. The predicted octanol–water partition coefficient (Wildman–Crippen LogP) is 2.80. The lowest BCUT2D eigenvalue weighted by Gasteiger charge is -2.14. The number of nitrogens with two attached hydrogens (primary N) is 1. The molecule has 2 atom stereocenters. The minimum Gasteiger partial charge on any atom is -0.330 e. The summed E-state index contributed by atoms with van der Waals surface area (Å²) in [6.45, 7) is 7.19. The average Bonchev–Trinajstić information content (AvgIpc) is 2.54.